The molecule has 0 aliphatic heterocycles. The molecule has 1 atom stereocenters. The van der Waals surface area contributed by atoms with E-state index in [1.54, 1.807) is 6.07 Å². The predicted molar refractivity (Wildman–Crippen MR) is 75.7 cm³/mol. The van der Waals surface area contributed by atoms with Crippen molar-refractivity contribution in [1.29, 1.82) is 0 Å². The highest BCUT2D eigenvalue weighted by Gasteiger charge is 2.08. The molecule has 0 aliphatic rings. The minimum absolute atomic E-state index is 0.0624. The van der Waals surface area contributed by atoms with Gasteiger partial charge in [0.15, 0.2) is 0 Å². The first-order valence-electron chi connectivity index (χ1n) is 6.09. The largest absolute Gasteiger partial charge is 0.326 e. The van der Waals surface area contributed by atoms with E-state index < -0.39 is 10.8 Å². The molecule has 4 nitrogen and oxygen atoms in total. The Kier molecular flexibility index (Phi) is 6.60. The average Bonchev–Trinajstić information content (AvgIpc) is 2.36. The van der Waals surface area contributed by atoms with E-state index in [-0.39, 0.29) is 11.7 Å². The summed E-state index contributed by atoms with van der Waals surface area (Å²) in [6.07, 6.45) is 1.88. The molecule has 0 fully saturated rings. The molecule has 0 saturated heterocycles. The number of carbonyl (C=O) groups is 1. The lowest BCUT2D eigenvalue weighted by molar-refractivity contribution is -0.113. The summed E-state index contributed by atoms with van der Waals surface area (Å²) in [7, 11) is -1.07. The van der Waals surface area contributed by atoms with Gasteiger partial charge in [-0.05, 0) is 24.1 Å². The van der Waals surface area contributed by atoms with Gasteiger partial charge >= 0.3 is 0 Å². The van der Waals surface area contributed by atoms with E-state index in [9.17, 15) is 9.00 Å². The highest BCUT2D eigenvalue weighted by molar-refractivity contribution is 7.85. The van der Waals surface area contributed by atoms with Gasteiger partial charge in [0.1, 0.15) is 5.75 Å². The topological polar surface area (TPSA) is 72.2 Å². The van der Waals surface area contributed by atoms with E-state index in [1.165, 1.54) is 0 Å². The van der Waals surface area contributed by atoms with Crippen molar-refractivity contribution >= 4 is 22.4 Å². The second kappa shape index (κ2) is 8.00. The van der Waals surface area contributed by atoms with Crippen molar-refractivity contribution in [2.24, 2.45) is 5.73 Å². The number of amides is 1. The fraction of sp³-hybridized carbons (Fsp3) is 0.462. The second-order valence-corrected chi connectivity index (χ2v) is 5.67. The Bertz CT molecular complexity index is 421. The molecular weight excluding hydrogens is 248 g/mol. The SMILES string of the molecule is CCCCS(=O)CC(=O)Nc1cccc(CN)c1. The third-order valence-corrected chi connectivity index (χ3v) is 3.79. The van der Waals surface area contributed by atoms with Gasteiger partial charge in [0.05, 0.1) is 0 Å². The normalized spacial score (nSPS) is 12.1. The molecule has 3 N–H and O–H groups in total. The molecule has 0 spiro atoms. The zero-order valence-corrected chi connectivity index (χ0v) is 11.5. The van der Waals surface area contributed by atoms with Crippen LogP contribution >= 0.6 is 0 Å². The summed E-state index contributed by atoms with van der Waals surface area (Å²) in [4.78, 5) is 11.7. The summed E-state index contributed by atoms with van der Waals surface area (Å²) in [5.74, 6) is 0.443. The van der Waals surface area contributed by atoms with Gasteiger partial charge in [-0.3, -0.25) is 9.00 Å². The Hall–Kier alpha value is -1.20. The highest BCUT2D eigenvalue weighted by atomic mass is 32.2. The second-order valence-electron chi connectivity index (χ2n) is 4.09. The summed E-state index contributed by atoms with van der Waals surface area (Å²) >= 11 is 0. The Morgan fingerprint density at radius 1 is 1.44 bits per heavy atom. The summed E-state index contributed by atoms with van der Waals surface area (Å²) in [5, 5.41) is 2.74. The summed E-state index contributed by atoms with van der Waals surface area (Å²) in [5.41, 5.74) is 7.19. The van der Waals surface area contributed by atoms with Crippen molar-refractivity contribution in [3.63, 3.8) is 0 Å². The van der Waals surface area contributed by atoms with Crippen molar-refractivity contribution in [3.8, 4) is 0 Å². The number of nitrogens with one attached hydrogen (secondary N) is 1. The molecule has 0 heterocycles. The van der Waals surface area contributed by atoms with Crippen molar-refractivity contribution in [2.45, 2.75) is 26.3 Å². The van der Waals surface area contributed by atoms with Crippen LogP contribution in [0, 0.1) is 0 Å². The van der Waals surface area contributed by atoms with Gasteiger partial charge in [-0.15, -0.1) is 0 Å². The van der Waals surface area contributed by atoms with Gasteiger partial charge in [-0.2, -0.15) is 0 Å². The maximum absolute atomic E-state index is 11.7. The van der Waals surface area contributed by atoms with Gasteiger partial charge in [-0.1, -0.05) is 25.5 Å². The highest BCUT2D eigenvalue weighted by Crippen LogP contribution is 2.10. The van der Waals surface area contributed by atoms with Crippen LogP contribution in [0.25, 0.3) is 0 Å². The number of anilines is 1. The lowest BCUT2D eigenvalue weighted by atomic mass is 10.2. The summed E-state index contributed by atoms with van der Waals surface area (Å²) in [6.45, 7) is 2.47. The molecule has 1 unspecified atom stereocenters. The van der Waals surface area contributed by atoms with Gasteiger partial charge < -0.3 is 11.1 Å². The Labute approximate surface area is 110 Å². The summed E-state index contributed by atoms with van der Waals surface area (Å²) in [6, 6.07) is 7.36. The van der Waals surface area contributed by atoms with E-state index in [2.05, 4.69) is 5.32 Å². The van der Waals surface area contributed by atoms with Gasteiger partial charge in [0.25, 0.3) is 0 Å². The number of hydrogen-bond acceptors (Lipinski definition) is 3. The molecule has 1 aromatic rings. The first kappa shape index (κ1) is 14.9. The monoisotopic (exact) mass is 268 g/mol. The van der Waals surface area contributed by atoms with Crippen LogP contribution in [0.4, 0.5) is 5.69 Å². The van der Waals surface area contributed by atoms with Crippen molar-refractivity contribution in [3.05, 3.63) is 29.8 Å². The minimum Gasteiger partial charge on any atom is -0.326 e. The first-order valence-corrected chi connectivity index (χ1v) is 7.58. The van der Waals surface area contributed by atoms with E-state index >= 15 is 0 Å². The number of carbonyl (C=O) groups excluding carboxylic acids is 1. The molecule has 1 amide bonds. The third kappa shape index (κ3) is 5.42. The Morgan fingerprint density at radius 2 is 2.22 bits per heavy atom. The zero-order chi connectivity index (χ0) is 13.4. The fourth-order valence-electron chi connectivity index (χ4n) is 1.50. The maximum atomic E-state index is 11.7. The van der Waals surface area contributed by atoms with Crippen LogP contribution in [-0.2, 0) is 22.1 Å². The molecule has 0 aromatic heterocycles. The van der Waals surface area contributed by atoms with Gasteiger partial charge in [0, 0.05) is 28.8 Å². The molecule has 0 aliphatic carbocycles. The average molecular weight is 268 g/mol. The summed E-state index contributed by atoms with van der Waals surface area (Å²) < 4.78 is 11.6. The standard InChI is InChI=1S/C13H20N2O2S/c1-2-3-7-18(17)10-13(16)15-12-6-4-5-11(8-12)9-14/h4-6,8H,2-3,7,9-10,14H2,1H3,(H,15,16). The number of benzene rings is 1. The molecule has 1 aromatic carbocycles. The van der Waals surface area contributed by atoms with Crippen LogP contribution in [0.5, 0.6) is 0 Å². The molecule has 18 heavy (non-hydrogen) atoms. The van der Waals surface area contributed by atoms with Crippen molar-refractivity contribution in [1.82, 2.24) is 0 Å². The third-order valence-electron chi connectivity index (χ3n) is 2.46. The van der Waals surface area contributed by atoms with E-state index in [1.807, 2.05) is 25.1 Å². The molecule has 0 saturated carbocycles. The molecule has 5 heteroatoms. The number of unbranched alkanes of at least 4 members (excludes halogenated alkanes) is 1. The number of rotatable bonds is 7. The number of nitrogens with two attached hydrogens (primary N) is 1. The molecule has 100 valence electrons. The minimum atomic E-state index is -1.07. The predicted octanol–water partition coefficient (Wildman–Crippen LogP) is 1.63. The zero-order valence-electron chi connectivity index (χ0n) is 10.6. The molecule has 0 radical (unpaired) electrons. The van der Waals surface area contributed by atoms with Crippen LogP contribution < -0.4 is 11.1 Å². The molecule has 1 rings (SSSR count). The van der Waals surface area contributed by atoms with E-state index in [4.69, 9.17) is 5.73 Å². The Morgan fingerprint density at radius 3 is 2.89 bits per heavy atom. The van der Waals surface area contributed by atoms with E-state index in [0.29, 0.717) is 18.0 Å². The van der Waals surface area contributed by atoms with Gasteiger partial charge in [0.2, 0.25) is 5.91 Å². The smallest absolute Gasteiger partial charge is 0.236 e. The van der Waals surface area contributed by atoms with Crippen LogP contribution in [0.1, 0.15) is 25.3 Å². The Balaban J connectivity index is 2.46. The van der Waals surface area contributed by atoms with E-state index in [0.717, 1.165) is 18.4 Å². The lowest BCUT2D eigenvalue weighted by Gasteiger charge is -2.06. The van der Waals surface area contributed by atoms with Crippen LogP contribution in [0.3, 0.4) is 0 Å². The quantitative estimate of drug-likeness (QED) is 0.789. The van der Waals surface area contributed by atoms with Crippen LogP contribution in [0.15, 0.2) is 24.3 Å². The number of hydrogen-bond donors (Lipinski definition) is 2. The van der Waals surface area contributed by atoms with Gasteiger partial charge in [-0.25, -0.2) is 0 Å². The molecular formula is C13H20N2O2S. The van der Waals surface area contributed by atoms with Crippen LogP contribution in [0.2, 0.25) is 0 Å². The maximum Gasteiger partial charge on any atom is 0.236 e. The van der Waals surface area contributed by atoms with Crippen LogP contribution in [-0.4, -0.2) is 21.6 Å². The lowest BCUT2D eigenvalue weighted by Crippen LogP contribution is -2.20. The molecule has 0 bridgehead atoms. The fourth-order valence-corrected chi connectivity index (χ4v) is 2.62. The first-order chi connectivity index (χ1) is 8.65. The van der Waals surface area contributed by atoms with Crippen molar-refractivity contribution < 1.29 is 9.00 Å². The van der Waals surface area contributed by atoms with Crippen molar-refractivity contribution in [2.75, 3.05) is 16.8 Å².